The Labute approximate surface area is 153 Å². The fourth-order valence-electron chi connectivity index (χ4n) is 2.80. The first kappa shape index (κ1) is 18.0. The summed E-state index contributed by atoms with van der Waals surface area (Å²) >= 11 is 0. The van der Waals surface area contributed by atoms with Crippen molar-refractivity contribution in [1.29, 1.82) is 0 Å². The van der Waals surface area contributed by atoms with Crippen LogP contribution in [0, 0.1) is 6.92 Å². The van der Waals surface area contributed by atoms with Gasteiger partial charge in [0.2, 0.25) is 0 Å². The van der Waals surface area contributed by atoms with Crippen LogP contribution in [-0.2, 0) is 4.79 Å². The number of aromatic amines is 1. The predicted molar refractivity (Wildman–Crippen MR) is 103 cm³/mol. The molecule has 0 saturated heterocycles. The van der Waals surface area contributed by atoms with Crippen LogP contribution in [0.4, 0.5) is 0 Å². The van der Waals surface area contributed by atoms with Crippen molar-refractivity contribution in [3.63, 3.8) is 0 Å². The molecule has 1 aromatic heterocycles. The Morgan fingerprint density at radius 1 is 1.19 bits per heavy atom. The minimum absolute atomic E-state index is 0.0209. The molecule has 2 N–H and O–H groups in total. The number of hydrogen-bond donors (Lipinski definition) is 2. The van der Waals surface area contributed by atoms with Gasteiger partial charge in [-0.1, -0.05) is 38.1 Å². The van der Waals surface area contributed by atoms with E-state index in [1.165, 1.54) is 5.56 Å². The van der Waals surface area contributed by atoms with Gasteiger partial charge in [-0.3, -0.25) is 4.79 Å². The summed E-state index contributed by atoms with van der Waals surface area (Å²) < 4.78 is 5.74. The number of imidazole rings is 1. The van der Waals surface area contributed by atoms with Crippen molar-refractivity contribution in [3.05, 3.63) is 59.4 Å². The predicted octanol–water partition coefficient (Wildman–Crippen LogP) is 4.25. The van der Waals surface area contributed by atoms with Crippen LogP contribution in [-0.4, -0.2) is 22.5 Å². The Morgan fingerprint density at radius 2 is 1.96 bits per heavy atom. The molecule has 0 aliphatic carbocycles. The van der Waals surface area contributed by atoms with Gasteiger partial charge >= 0.3 is 0 Å². The lowest BCUT2D eigenvalue weighted by Gasteiger charge is -2.14. The van der Waals surface area contributed by atoms with Crippen LogP contribution in [0.3, 0.4) is 0 Å². The summed E-state index contributed by atoms with van der Waals surface area (Å²) in [5, 5.41) is 2.93. The van der Waals surface area contributed by atoms with Crippen LogP contribution in [0.25, 0.3) is 11.0 Å². The molecule has 0 unspecified atom stereocenters. The Balaban J connectivity index is 1.61. The molecule has 0 spiro atoms. The third-order valence-corrected chi connectivity index (χ3v) is 4.43. The van der Waals surface area contributed by atoms with Crippen molar-refractivity contribution in [3.8, 4) is 5.75 Å². The maximum atomic E-state index is 12.3. The Hall–Kier alpha value is -2.82. The lowest BCUT2D eigenvalue weighted by Crippen LogP contribution is -2.31. The maximum Gasteiger partial charge on any atom is 0.258 e. The molecule has 0 aliphatic heterocycles. The Bertz CT molecular complexity index is 882. The van der Waals surface area contributed by atoms with Gasteiger partial charge in [-0.2, -0.15) is 0 Å². The van der Waals surface area contributed by atoms with Crippen molar-refractivity contribution < 1.29 is 9.53 Å². The van der Waals surface area contributed by atoms with E-state index in [1.54, 1.807) is 0 Å². The smallest absolute Gasteiger partial charge is 0.258 e. The molecule has 0 aliphatic rings. The largest absolute Gasteiger partial charge is 0.483 e. The molecule has 5 nitrogen and oxygen atoms in total. The molecule has 0 radical (unpaired) electrons. The summed E-state index contributed by atoms with van der Waals surface area (Å²) in [6.45, 7) is 8.13. The normalized spacial score (nSPS) is 12.3. The molecule has 26 heavy (non-hydrogen) atoms. The molecule has 1 heterocycles. The van der Waals surface area contributed by atoms with Crippen LogP contribution in [0.2, 0.25) is 0 Å². The molecule has 5 heteroatoms. The number of rotatable bonds is 6. The van der Waals surface area contributed by atoms with Gasteiger partial charge in [0, 0.05) is 0 Å². The molecule has 136 valence electrons. The van der Waals surface area contributed by atoms with E-state index in [9.17, 15) is 4.79 Å². The molecule has 3 aromatic rings. The second kappa shape index (κ2) is 7.60. The van der Waals surface area contributed by atoms with Crippen LogP contribution < -0.4 is 10.1 Å². The highest BCUT2D eigenvalue weighted by molar-refractivity contribution is 5.78. The monoisotopic (exact) mass is 351 g/mol. The summed E-state index contributed by atoms with van der Waals surface area (Å²) in [5.74, 6) is 1.73. The average molecular weight is 351 g/mol. The van der Waals surface area contributed by atoms with Crippen molar-refractivity contribution >= 4 is 16.9 Å². The number of carbonyl (C=O) groups excluding carboxylic acids is 1. The highest BCUT2D eigenvalue weighted by Crippen LogP contribution is 2.24. The maximum absolute atomic E-state index is 12.3. The second-order valence-corrected chi connectivity index (χ2v) is 6.90. The molecular weight excluding hydrogens is 326 g/mol. The minimum atomic E-state index is -0.221. The first-order valence-electron chi connectivity index (χ1n) is 8.91. The van der Waals surface area contributed by atoms with E-state index in [2.05, 4.69) is 35.2 Å². The first-order chi connectivity index (χ1) is 12.4. The zero-order valence-electron chi connectivity index (χ0n) is 15.7. The van der Waals surface area contributed by atoms with E-state index < -0.39 is 0 Å². The second-order valence-electron chi connectivity index (χ2n) is 6.90. The number of nitrogens with zero attached hydrogens (tertiary/aromatic N) is 1. The summed E-state index contributed by atoms with van der Waals surface area (Å²) in [6, 6.07) is 13.7. The molecule has 0 saturated carbocycles. The zero-order chi connectivity index (χ0) is 18.7. The van der Waals surface area contributed by atoms with Gasteiger partial charge in [0.1, 0.15) is 11.6 Å². The number of fused-ring (bicyclic) bond motifs is 1. The fourth-order valence-corrected chi connectivity index (χ4v) is 2.80. The van der Waals surface area contributed by atoms with Crippen LogP contribution >= 0.6 is 0 Å². The molecule has 2 aromatic carbocycles. The molecule has 0 fully saturated rings. The van der Waals surface area contributed by atoms with Crippen molar-refractivity contribution in [2.75, 3.05) is 6.61 Å². The Kier molecular flexibility index (Phi) is 5.26. The number of benzene rings is 2. The number of aryl methyl sites for hydroxylation is 1. The summed E-state index contributed by atoms with van der Waals surface area (Å²) in [7, 11) is 0. The highest BCUT2D eigenvalue weighted by Gasteiger charge is 2.14. The number of hydrogen-bond acceptors (Lipinski definition) is 3. The van der Waals surface area contributed by atoms with Gasteiger partial charge in [0.15, 0.2) is 6.61 Å². The molecule has 0 bridgehead atoms. The molecular formula is C21H25N3O2. The minimum Gasteiger partial charge on any atom is -0.483 e. The first-order valence-corrected chi connectivity index (χ1v) is 8.91. The van der Waals surface area contributed by atoms with Crippen LogP contribution in [0.1, 0.15) is 49.7 Å². The van der Waals surface area contributed by atoms with Gasteiger partial charge in [-0.15, -0.1) is 0 Å². The number of ether oxygens (including phenoxy) is 1. The molecule has 1 amide bonds. The lowest BCUT2D eigenvalue weighted by atomic mass is 10.0. The van der Waals surface area contributed by atoms with E-state index in [1.807, 2.05) is 50.2 Å². The quantitative estimate of drug-likeness (QED) is 0.697. The molecule has 1 atom stereocenters. The topological polar surface area (TPSA) is 67.0 Å². The van der Waals surface area contributed by atoms with E-state index in [0.29, 0.717) is 5.92 Å². The summed E-state index contributed by atoms with van der Waals surface area (Å²) in [4.78, 5) is 20.0. The third kappa shape index (κ3) is 4.04. The van der Waals surface area contributed by atoms with Crippen molar-refractivity contribution in [1.82, 2.24) is 15.3 Å². The Morgan fingerprint density at radius 3 is 2.69 bits per heavy atom. The van der Waals surface area contributed by atoms with Gasteiger partial charge < -0.3 is 15.0 Å². The standard InChI is InChI=1S/C21H25N3O2/c1-13(2)16-10-9-14(3)19(11-16)26-12-20(25)22-15(4)21-23-17-7-5-6-8-18(17)24-21/h5-11,13,15H,12H2,1-4H3,(H,22,25)(H,23,24)/t15-/m0/s1. The summed E-state index contributed by atoms with van der Waals surface area (Å²) in [6.07, 6.45) is 0. The fraction of sp³-hybridized carbons (Fsp3) is 0.333. The van der Waals surface area contributed by atoms with Crippen LogP contribution in [0.15, 0.2) is 42.5 Å². The van der Waals surface area contributed by atoms with Crippen molar-refractivity contribution in [2.45, 2.75) is 39.7 Å². The van der Waals surface area contributed by atoms with Gasteiger partial charge in [-0.25, -0.2) is 4.98 Å². The van der Waals surface area contributed by atoms with E-state index >= 15 is 0 Å². The van der Waals surface area contributed by atoms with Gasteiger partial charge in [0.25, 0.3) is 5.91 Å². The highest BCUT2D eigenvalue weighted by atomic mass is 16.5. The number of nitrogens with one attached hydrogen (secondary N) is 2. The zero-order valence-corrected chi connectivity index (χ0v) is 15.7. The summed E-state index contributed by atoms with van der Waals surface area (Å²) in [5.41, 5.74) is 4.07. The van der Waals surface area contributed by atoms with Crippen molar-refractivity contribution in [2.24, 2.45) is 0 Å². The SMILES string of the molecule is Cc1ccc(C(C)C)cc1OCC(=O)N[C@@H](C)c1nc2ccccc2[nH]1. The third-order valence-electron chi connectivity index (χ3n) is 4.43. The number of para-hydroxylation sites is 2. The average Bonchev–Trinajstić information content (AvgIpc) is 3.05. The molecule has 3 rings (SSSR count). The van der Waals surface area contributed by atoms with Crippen LogP contribution in [0.5, 0.6) is 5.75 Å². The number of carbonyl (C=O) groups is 1. The lowest BCUT2D eigenvalue weighted by molar-refractivity contribution is -0.123. The van der Waals surface area contributed by atoms with Gasteiger partial charge in [-0.05, 0) is 49.1 Å². The van der Waals surface area contributed by atoms with E-state index in [0.717, 1.165) is 28.2 Å². The number of amides is 1. The van der Waals surface area contributed by atoms with E-state index in [4.69, 9.17) is 4.74 Å². The van der Waals surface area contributed by atoms with Gasteiger partial charge in [0.05, 0.1) is 17.1 Å². The number of H-pyrrole nitrogens is 1. The van der Waals surface area contributed by atoms with E-state index in [-0.39, 0.29) is 18.6 Å². The number of aromatic nitrogens is 2.